The van der Waals surface area contributed by atoms with Crippen LogP contribution in [0.25, 0.3) is 33.9 Å². The Morgan fingerprint density at radius 2 is 1.95 bits per heavy atom. The van der Waals surface area contributed by atoms with Crippen molar-refractivity contribution in [3.05, 3.63) is 65.7 Å². The number of para-hydroxylation sites is 2. The van der Waals surface area contributed by atoms with Crippen molar-refractivity contribution in [2.75, 3.05) is 37.0 Å². The second-order valence-electron chi connectivity index (χ2n) is 9.51. The van der Waals surface area contributed by atoms with Crippen molar-refractivity contribution in [3.8, 4) is 29.0 Å². The molecule has 0 radical (unpaired) electrons. The third kappa shape index (κ3) is 4.24. The molecule has 1 aliphatic heterocycles. The van der Waals surface area contributed by atoms with Crippen molar-refractivity contribution in [2.24, 2.45) is 0 Å². The first kappa shape index (κ1) is 24.5. The Bertz CT molecular complexity index is 1710. The molecule has 1 N–H and O–H groups in total. The number of nitrogens with one attached hydrogen (secondary N) is 1. The van der Waals surface area contributed by atoms with Gasteiger partial charge in [-0.15, -0.1) is 0 Å². The van der Waals surface area contributed by atoms with Crippen LogP contribution in [0.2, 0.25) is 0 Å². The zero-order chi connectivity index (χ0) is 27.1. The first-order valence-electron chi connectivity index (χ1n) is 12.8. The Hall–Kier alpha value is -4.82. The molecule has 39 heavy (non-hydrogen) atoms. The minimum absolute atomic E-state index is 0.160. The molecule has 1 atom stereocenters. The number of morpholine rings is 1. The van der Waals surface area contributed by atoms with E-state index in [-0.39, 0.29) is 6.04 Å². The fraction of sp³-hybridized carbons (Fsp3) is 0.286. The molecular weight excluding hydrogens is 492 g/mol. The van der Waals surface area contributed by atoms with Crippen LogP contribution in [0.5, 0.6) is 0 Å². The van der Waals surface area contributed by atoms with Crippen LogP contribution in [-0.2, 0) is 4.74 Å². The van der Waals surface area contributed by atoms with Gasteiger partial charge in [-0.1, -0.05) is 12.1 Å². The summed E-state index contributed by atoms with van der Waals surface area (Å²) in [5, 5.41) is 17.2. The second kappa shape index (κ2) is 9.81. The van der Waals surface area contributed by atoms with Gasteiger partial charge < -0.3 is 15.0 Å². The molecule has 0 amide bonds. The lowest BCUT2D eigenvalue weighted by molar-refractivity contribution is 0.0985. The van der Waals surface area contributed by atoms with Gasteiger partial charge in [0, 0.05) is 25.2 Å². The molecule has 0 unspecified atom stereocenters. The summed E-state index contributed by atoms with van der Waals surface area (Å²) in [4.78, 5) is 21.4. The number of rotatable bonds is 5. The van der Waals surface area contributed by atoms with Crippen molar-refractivity contribution < 1.29 is 4.74 Å². The molecule has 1 aromatic carbocycles. The van der Waals surface area contributed by atoms with E-state index >= 15 is 0 Å². The first-order chi connectivity index (χ1) is 19.0. The second-order valence-corrected chi connectivity index (χ2v) is 9.51. The summed E-state index contributed by atoms with van der Waals surface area (Å²) < 4.78 is 9.49. The molecule has 6 rings (SSSR count). The lowest BCUT2D eigenvalue weighted by atomic mass is 10.1. The fourth-order valence-electron chi connectivity index (χ4n) is 5.10. The summed E-state index contributed by atoms with van der Waals surface area (Å²) in [6, 6.07) is 15.7. The van der Waals surface area contributed by atoms with Gasteiger partial charge >= 0.3 is 0 Å². The molecular formula is C28H28N10O. The molecule has 0 aliphatic carbocycles. The van der Waals surface area contributed by atoms with E-state index in [1.54, 1.807) is 12.3 Å². The van der Waals surface area contributed by atoms with Crippen LogP contribution in [0.15, 0.2) is 48.7 Å². The summed E-state index contributed by atoms with van der Waals surface area (Å²) in [6.07, 6.45) is 1.66. The molecule has 1 saturated heterocycles. The van der Waals surface area contributed by atoms with Crippen molar-refractivity contribution in [2.45, 2.75) is 26.8 Å². The van der Waals surface area contributed by atoms with Crippen LogP contribution in [0, 0.1) is 25.2 Å². The van der Waals surface area contributed by atoms with Gasteiger partial charge in [0.05, 0.1) is 59.3 Å². The summed E-state index contributed by atoms with van der Waals surface area (Å²) in [6.45, 7) is 8.12. The highest BCUT2D eigenvalue weighted by molar-refractivity contribution is 5.81. The van der Waals surface area contributed by atoms with Crippen molar-refractivity contribution >= 4 is 22.8 Å². The quantitative estimate of drug-likeness (QED) is 0.368. The average Bonchev–Trinajstić information content (AvgIpc) is 3.49. The zero-order valence-electron chi connectivity index (χ0n) is 22.3. The van der Waals surface area contributed by atoms with Gasteiger partial charge in [-0.25, -0.2) is 24.2 Å². The highest BCUT2D eigenvalue weighted by atomic mass is 16.5. The van der Waals surface area contributed by atoms with Crippen LogP contribution in [0.1, 0.15) is 24.0 Å². The summed E-state index contributed by atoms with van der Waals surface area (Å²) in [5.74, 6) is 1.99. The summed E-state index contributed by atoms with van der Waals surface area (Å²) in [5.41, 5.74) is 6.31. The molecule has 11 heteroatoms. The van der Waals surface area contributed by atoms with Crippen LogP contribution < -0.4 is 10.2 Å². The maximum atomic E-state index is 9.14. The predicted octanol–water partition coefficient (Wildman–Crippen LogP) is 3.82. The Morgan fingerprint density at radius 3 is 2.69 bits per heavy atom. The first-order valence-corrected chi connectivity index (χ1v) is 12.8. The molecule has 5 heterocycles. The number of imidazole rings is 1. The molecule has 4 aromatic heterocycles. The number of aryl methyl sites for hydroxylation is 1. The van der Waals surface area contributed by atoms with Gasteiger partial charge in [0.15, 0.2) is 0 Å². The Morgan fingerprint density at radius 1 is 1.10 bits per heavy atom. The number of anilines is 2. The van der Waals surface area contributed by atoms with Crippen LogP contribution >= 0.6 is 0 Å². The number of benzene rings is 1. The molecule has 0 saturated carbocycles. The van der Waals surface area contributed by atoms with Crippen molar-refractivity contribution in [1.82, 2.24) is 34.3 Å². The van der Waals surface area contributed by atoms with Gasteiger partial charge in [-0.05, 0) is 45.0 Å². The van der Waals surface area contributed by atoms with E-state index in [0.717, 1.165) is 51.7 Å². The largest absolute Gasteiger partial charge is 0.377 e. The highest BCUT2D eigenvalue weighted by Crippen LogP contribution is 2.32. The monoisotopic (exact) mass is 520 g/mol. The Labute approximate surface area is 225 Å². The number of nitrogens with zero attached hydrogens (tertiary/aromatic N) is 9. The number of fused-ring (bicyclic) bond motifs is 1. The molecule has 1 aliphatic rings. The van der Waals surface area contributed by atoms with E-state index in [9.17, 15) is 0 Å². The van der Waals surface area contributed by atoms with Gasteiger partial charge in [-0.2, -0.15) is 15.3 Å². The van der Waals surface area contributed by atoms with Gasteiger partial charge in [0.1, 0.15) is 17.6 Å². The van der Waals surface area contributed by atoms with E-state index in [2.05, 4.69) is 28.2 Å². The maximum absolute atomic E-state index is 9.14. The lowest BCUT2D eigenvalue weighted by Crippen LogP contribution is -2.44. The van der Waals surface area contributed by atoms with Gasteiger partial charge in [-0.3, -0.25) is 0 Å². The Balaban J connectivity index is 1.56. The summed E-state index contributed by atoms with van der Waals surface area (Å²) in [7, 11) is 1.84. The van der Waals surface area contributed by atoms with Gasteiger partial charge in [0.25, 0.3) is 0 Å². The maximum Gasteiger partial charge on any atom is 0.239 e. The molecule has 0 bridgehead atoms. The van der Waals surface area contributed by atoms with E-state index in [1.807, 2.05) is 66.5 Å². The van der Waals surface area contributed by atoms with E-state index in [4.69, 9.17) is 30.0 Å². The van der Waals surface area contributed by atoms with Crippen molar-refractivity contribution in [3.63, 3.8) is 0 Å². The minimum Gasteiger partial charge on any atom is -0.377 e. The van der Waals surface area contributed by atoms with E-state index in [1.165, 1.54) is 0 Å². The van der Waals surface area contributed by atoms with Gasteiger partial charge in [0.2, 0.25) is 11.9 Å². The van der Waals surface area contributed by atoms with E-state index < -0.39 is 0 Å². The molecule has 1 fully saturated rings. The average molecular weight is 521 g/mol. The van der Waals surface area contributed by atoms with Crippen LogP contribution in [-0.4, -0.2) is 67.1 Å². The number of aromatic nitrogens is 7. The molecule has 196 valence electrons. The third-order valence-corrected chi connectivity index (χ3v) is 7.00. The summed E-state index contributed by atoms with van der Waals surface area (Å²) >= 11 is 0. The zero-order valence-corrected chi connectivity index (χ0v) is 22.3. The number of hydrogen-bond acceptors (Lipinski definition) is 9. The van der Waals surface area contributed by atoms with Crippen molar-refractivity contribution in [1.29, 1.82) is 5.26 Å². The normalized spacial score (nSPS) is 15.5. The standard InChI is InChI=1S/C28H28N10O/c1-17-16-39-12-11-36(17)25-13-23(26-18(2)35-38(19(26)3)21-10-9-20(14-29)31-15-21)33-28(34-25)37-24-8-6-5-7-22(24)32-27(37)30-4/h5-10,13,15,17H,11-12,16H2,1-4H3,(H,30,32)/t17-/m1/s1. The molecule has 11 nitrogen and oxygen atoms in total. The molecule has 0 spiro atoms. The molecule has 5 aromatic rings. The highest BCUT2D eigenvalue weighted by Gasteiger charge is 2.25. The number of ether oxygens (including phenoxy) is 1. The predicted molar refractivity (Wildman–Crippen MR) is 148 cm³/mol. The Kier molecular flexibility index (Phi) is 6.17. The third-order valence-electron chi connectivity index (χ3n) is 7.00. The number of hydrogen-bond donors (Lipinski definition) is 1. The topological polar surface area (TPSA) is 123 Å². The van der Waals surface area contributed by atoms with Crippen LogP contribution in [0.4, 0.5) is 11.8 Å². The number of nitriles is 1. The minimum atomic E-state index is 0.160. The smallest absolute Gasteiger partial charge is 0.239 e. The lowest BCUT2D eigenvalue weighted by Gasteiger charge is -2.34. The van der Waals surface area contributed by atoms with Crippen LogP contribution in [0.3, 0.4) is 0 Å². The fourth-order valence-corrected chi connectivity index (χ4v) is 5.10. The van der Waals surface area contributed by atoms with E-state index in [0.29, 0.717) is 30.8 Å². The number of pyridine rings is 1. The SMILES string of the molecule is CNc1nc2ccccc2n1-c1nc(-c2c(C)nn(-c3ccc(C#N)nc3)c2C)cc(N2CCOC[C@H]2C)n1.